The summed E-state index contributed by atoms with van der Waals surface area (Å²) in [5.41, 5.74) is 0.448. The minimum Gasteiger partial charge on any atom is -0.376 e. The first-order valence-corrected chi connectivity index (χ1v) is 8.98. The zero-order chi connectivity index (χ0) is 17.9. The summed E-state index contributed by atoms with van der Waals surface area (Å²) in [7, 11) is 0. The number of carbonyl (C=O) groups is 1. The van der Waals surface area contributed by atoms with Gasteiger partial charge in [-0.15, -0.1) is 0 Å². The van der Waals surface area contributed by atoms with Gasteiger partial charge in [0.05, 0.1) is 19.1 Å². The van der Waals surface area contributed by atoms with Gasteiger partial charge in [0, 0.05) is 37.7 Å². The summed E-state index contributed by atoms with van der Waals surface area (Å²) in [5, 5.41) is 3.35. The maximum Gasteiger partial charge on any atom is 0.227 e. The molecule has 0 unspecified atom stereocenters. The van der Waals surface area contributed by atoms with Crippen molar-refractivity contribution in [3.63, 3.8) is 0 Å². The van der Waals surface area contributed by atoms with E-state index in [9.17, 15) is 9.18 Å². The quantitative estimate of drug-likeness (QED) is 0.895. The third kappa shape index (κ3) is 3.55. The van der Waals surface area contributed by atoms with Gasteiger partial charge in [-0.3, -0.25) is 4.79 Å². The number of nitrogens with zero attached hydrogens (tertiary/aromatic N) is 2. The lowest BCUT2D eigenvalue weighted by molar-refractivity contribution is -0.130. The number of hydrogen-bond acceptors (Lipinski definition) is 4. The third-order valence-electron chi connectivity index (χ3n) is 5.30. The molecule has 1 aromatic carbocycles. The first kappa shape index (κ1) is 17.0. The highest BCUT2D eigenvalue weighted by atomic mass is 19.1. The highest BCUT2D eigenvalue weighted by Crippen LogP contribution is 2.34. The fourth-order valence-electron chi connectivity index (χ4n) is 3.83. The molecule has 0 spiro atoms. The van der Waals surface area contributed by atoms with Crippen LogP contribution in [0.3, 0.4) is 0 Å². The number of hydrogen-bond donors (Lipinski definition) is 1. The smallest absolute Gasteiger partial charge is 0.227 e. The average Bonchev–Trinajstić information content (AvgIpc) is 3.24. The molecule has 5 nitrogen and oxygen atoms in total. The van der Waals surface area contributed by atoms with Crippen LogP contribution in [0.4, 0.5) is 10.2 Å². The Labute approximate surface area is 152 Å². The molecule has 0 bridgehead atoms. The summed E-state index contributed by atoms with van der Waals surface area (Å²) in [6, 6.07) is 12.2. The SMILES string of the molecule is O=C(Cc1ccccc1F)N1C[C@@H]2[C@@H](CNc3ccccn3)CO[C@@H]2C1. The van der Waals surface area contributed by atoms with E-state index in [2.05, 4.69) is 10.3 Å². The number of amides is 1. The van der Waals surface area contributed by atoms with Gasteiger partial charge in [-0.05, 0) is 23.8 Å². The Morgan fingerprint density at radius 1 is 1.23 bits per heavy atom. The molecular formula is C20H22FN3O2. The molecule has 6 heteroatoms. The van der Waals surface area contributed by atoms with Crippen molar-refractivity contribution in [3.8, 4) is 0 Å². The first-order valence-electron chi connectivity index (χ1n) is 8.98. The van der Waals surface area contributed by atoms with Crippen molar-refractivity contribution in [2.45, 2.75) is 12.5 Å². The predicted molar refractivity (Wildman–Crippen MR) is 96.1 cm³/mol. The minimum atomic E-state index is -0.325. The van der Waals surface area contributed by atoms with Crippen LogP contribution in [-0.2, 0) is 16.0 Å². The van der Waals surface area contributed by atoms with Crippen LogP contribution in [0.25, 0.3) is 0 Å². The van der Waals surface area contributed by atoms with E-state index in [4.69, 9.17) is 4.74 Å². The number of rotatable bonds is 5. The molecule has 0 radical (unpaired) electrons. The second-order valence-electron chi connectivity index (χ2n) is 6.96. The monoisotopic (exact) mass is 355 g/mol. The molecule has 2 saturated heterocycles. The van der Waals surface area contributed by atoms with Crippen LogP contribution in [0.1, 0.15) is 5.56 Å². The number of likely N-dealkylation sites (tertiary alicyclic amines) is 1. The number of nitrogens with one attached hydrogen (secondary N) is 1. The fraction of sp³-hybridized carbons (Fsp3) is 0.400. The van der Waals surface area contributed by atoms with Gasteiger partial charge < -0.3 is 15.0 Å². The van der Waals surface area contributed by atoms with Gasteiger partial charge >= 0.3 is 0 Å². The van der Waals surface area contributed by atoms with Gasteiger partial charge in [-0.2, -0.15) is 0 Å². The predicted octanol–water partition coefficient (Wildman–Crippen LogP) is 2.35. The lowest BCUT2D eigenvalue weighted by Gasteiger charge is -2.20. The number of fused-ring (bicyclic) bond motifs is 1. The molecular weight excluding hydrogens is 333 g/mol. The van der Waals surface area contributed by atoms with Gasteiger partial charge in [-0.1, -0.05) is 24.3 Å². The van der Waals surface area contributed by atoms with E-state index in [1.54, 1.807) is 24.4 Å². The van der Waals surface area contributed by atoms with Gasteiger partial charge in [-0.25, -0.2) is 9.37 Å². The molecule has 2 aliphatic rings. The van der Waals surface area contributed by atoms with Crippen molar-refractivity contribution in [2.24, 2.45) is 11.8 Å². The Morgan fingerprint density at radius 2 is 2.08 bits per heavy atom. The topological polar surface area (TPSA) is 54.5 Å². The van der Waals surface area contributed by atoms with Gasteiger partial charge in [0.25, 0.3) is 0 Å². The van der Waals surface area contributed by atoms with E-state index in [1.165, 1.54) is 6.07 Å². The molecule has 1 N–H and O–H groups in total. The molecule has 1 aromatic heterocycles. The molecule has 2 aliphatic heterocycles. The van der Waals surface area contributed by atoms with Crippen LogP contribution in [0.15, 0.2) is 48.7 Å². The molecule has 26 heavy (non-hydrogen) atoms. The number of ether oxygens (including phenoxy) is 1. The van der Waals surface area contributed by atoms with E-state index in [0.717, 1.165) is 12.4 Å². The summed E-state index contributed by atoms with van der Waals surface area (Å²) >= 11 is 0. The second-order valence-corrected chi connectivity index (χ2v) is 6.96. The molecule has 2 aromatic rings. The van der Waals surface area contributed by atoms with Gasteiger partial charge in [0.15, 0.2) is 0 Å². The van der Waals surface area contributed by atoms with Gasteiger partial charge in [0.1, 0.15) is 11.6 Å². The number of anilines is 1. The van der Waals surface area contributed by atoms with Crippen molar-refractivity contribution in [2.75, 3.05) is 31.6 Å². The Kier molecular flexibility index (Phi) is 4.84. The van der Waals surface area contributed by atoms with Crippen LogP contribution in [0.5, 0.6) is 0 Å². The van der Waals surface area contributed by atoms with Crippen molar-refractivity contribution in [1.82, 2.24) is 9.88 Å². The van der Waals surface area contributed by atoms with E-state index >= 15 is 0 Å². The molecule has 0 aliphatic carbocycles. The molecule has 1 amide bonds. The molecule has 3 heterocycles. The lowest BCUT2D eigenvalue weighted by atomic mass is 9.93. The molecule has 2 fully saturated rings. The summed E-state index contributed by atoms with van der Waals surface area (Å²) in [6.07, 6.45) is 1.94. The largest absolute Gasteiger partial charge is 0.376 e. The highest BCUT2D eigenvalue weighted by molar-refractivity contribution is 5.79. The fourth-order valence-corrected chi connectivity index (χ4v) is 3.83. The van der Waals surface area contributed by atoms with Crippen LogP contribution in [-0.4, -0.2) is 48.1 Å². The van der Waals surface area contributed by atoms with Crippen LogP contribution in [0.2, 0.25) is 0 Å². The summed E-state index contributed by atoms with van der Waals surface area (Å²) in [5.74, 6) is 1.14. The number of halogens is 1. The Hall–Kier alpha value is -2.47. The summed E-state index contributed by atoms with van der Waals surface area (Å²) in [4.78, 5) is 18.6. The number of benzene rings is 1. The number of pyridine rings is 1. The van der Waals surface area contributed by atoms with Crippen molar-refractivity contribution >= 4 is 11.7 Å². The van der Waals surface area contributed by atoms with Crippen molar-refractivity contribution < 1.29 is 13.9 Å². The van der Waals surface area contributed by atoms with Crippen molar-refractivity contribution in [3.05, 3.63) is 60.0 Å². The van der Waals surface area contributed by atoms with Crippen molar-refractivity contribution in [1.29, 1.82) is 0 Å². The third-order valence-corrected chi connectivity index (χ3v) is 5.30. The van der Waals surface area contributed by atoms with E-state index < -0.39 is 0 Å². The Balaban J connectivity index is 1.34. The highest BCUT2D eigenvalue weighted by Gasteiger charge is 2.44. The van der Waals surface area contributed by atoms with Crippen LogP contribution >= 0.6 is 0 Å². The van der Waals surface area contributed by atoms with Gasteiger partial charge in [0.2, 0.25) is 5.91 Å². The van der Waals surface area contributed by atoms with Crippen LogP contribution in [0, 0.1) is 17.7 Å². The number of carbonyl (C=O) groups excluding carboxylic acids is 1. The Bertz CT molecular complexity index is 771. The summed E-state index contributed by atoms with van der Waals surface area (Å²) < 4.78 is 19.7. The number of aromatic nitrogens is 1. The lowest BCUT2D eigenvalue weighted by Crippen LogP contribution is -2.33. The zero-order valence-electron chi connectivity index (χ0n) is 14.5. The van der Waals surface area contributed by atoms with Crippen LogP contribution < -0.4 is 5.32 Å². The normalized spacial score (nSPS) is 24.5. The maximum atomic E-state index is 13.8. The average molecular weight is 355 g/mol. The van der Waals surface area contributed by atoms with E-state index in [1.807, 2.05) is 23.1 Å². The minimum absolute atomic E-state index is 0.0375. The zero-order valence-corrected chi connectivity index (χ0v) is 14.5. The second kappa shape index (κ2) is 7.41. The van der Waals surface area contributed by atoms with E-state index in [0.29, 0.717) is 37.1 Å². The summed E-state index contributed by atoms with van der Waals surface area (Å²) in [6.45, 7) is 2.74. The van der Waals surface area contributed by atoms with E-state index in [-0.39, 0.29) is 24.2 Å². The molecule has 0 saturated carbocycles. The molecule has 3 atom stereocenters. The Morgan fingerprint density at radius 3 is 2.88 bits per heavy atom. The molecule has 136 valence electrons. The maximum absolute atomic E-state index is 13.8. The first-order chi connectivity index (χ1) is 12.7. The standard InChI is InChI=1S/C20H22FN3O2/c21-17-6-2-1-5-14(17)9-20(25)24-11-16-15(13-26-18(16)12-24)10-23-19-7-3-4-8-22-19/h1-8,15-16,18H,9-13H2,(H,22,23)/t15-,16+,18+/m0/s1. The molecule has 4 rings (SSSR count).